The fourth-order valence-electron chi connectivity index (χ4n) is 2.54. The molecule has 0 radical (unpaired) electrons. The van der Waals surface area contributed by atoms with Crippen LogP contribution in [0.25, 0.3) is 0 Å². The van der Waals surface area contributed by atoms with Gasteiger partial charge in [-0.15, -0.1) is 0 Å². The summed E-state index contributed by atoms with van der Waals surface area (Å²) in [4.78, 5) is 11.6. The van der Waals surface area contributed by atoms with Crippen molar-refractivity contribution in [3.63, 3.8) is 0 Å². The zero-order valence-electron chi connectivity index (χ0n) is 15.4. The van der Waals surface area contributed by atoms with Crippen molar-refractivity contribution in [1.82, 2.24) is 0 Å². The maximum absolute atomic E-state index is 12.7. The summed E-state index contributed by atoms with van der Waals surface area (Å²) in [7, 11) is -2.46. The summed E-state index contributed by atoms with van der Waals surface area (Å²) in [6.07, 6.45) is -0.634. The molecule has 0 saturated carbocycles. The van der Waals surface area contributed by atoms with Gasteiger partial charge in [0.1, 0.15) is 19.0 Å². The highest BCUT2D eigenvalue weighted by Crippen LogP contribution is 2.33. The highest BCUT2D eigenvalue weighted by molar-refractivity contribution is 7.92. The number of benzene rings is 2. The second kappa shape index (κ2) is 8.26. The van der Waals surface area contributed by atoms with E-state index in [1.807, 2.05) is 0 Å². The van der Waals surface area contributed by atoms with Crippen molar-refractivity contribution in [3.05, 3.63) is 36.4 Å². The van der Waals surface area contributed by atoms with Crippen LogP contribution in [0.1, 0.15) is 6.92 Å². The smallest absolute Gasteiger partial charge is 0.411 e. The number of fused-ring (bicyclic) bond motifs is 1. The number of hydrogen-bond acceptors (Lipinski definition) is 7. The van der Waals surface area contributed by atoms with Crippen molar-refractivity contribution in [2.75, 3.05) is 37.0 Å². The monoisotopic (exact) mass is 408 g/mol. The van der Waals surface area contributed by atoms with Crippen molar-refractivity contribution < 1.29 is 32.2 Å². The normalized spacial score (nSPS) is 12.8. The molecule has 2 N–H and O–H groups in total. The second-order valence-corrected chi connectivity index (χ2v) is 7.35. The number of sulfonamides is 1. The van der Waals surface area contributed by atoms with Crippen LogP contribution in [0.4, 0.5) is 16.2 Å². The number of nitrogens with one attached hydrogen (secondary N) is 2. The first kappa shape index (κ1) is 19.6. The summed E-state index contributed by atoms with van der Waals surface area (Å²) in [5.74, 6) is 1.15. The van der Waals surface area contributed by atoms with E-state index in [9.17, 15) is 13.2 Å². The van der Waals surface area contributed by atoms with Crippen molar-refractivity contribution >= 4 is 27.5 Å². The highest BCUT2D eigenvalue weighted by atomic mass is 32.2. The molecule has 0 spiro atoms. The minimum Gasteiger partial charge on any atom is -0.494 e. The van der Waals surface area contributed by atoms with Crippen molar-refractivity contribution in [2.45, 2.75) is 11.8 Å². The van der Waals surface area contributed by atoms with Gasteiger partial charge in [0.15, 0.2) is 11.5 Å². The molecule has 0 atom stereocenters. The van der Waals surface area contributed by atoms with E-state index < -0.39 is 16.1 Å². The Morgan fingerprint density at radius 3 is 2.57 bits per heavy atom. The predicted molar refractivity (Wildman–Crippen MR) is 102 cm³/mol. The van der Waals surface area contributed by atoms with Gasteiger partial charge in [0.2, 0.25) is 0 Å². The fourth-order valence-corrected chi connectivity index (χ4v) is 3.60. The summed E-state index contributed by atoms with van der Waals surface area (Å²) < 4.78 is 48.7. The molecular weight excluding hydrogens is 388 g/mol. The van der Waals surface area contributed by atoms with Crippen LogP contribution >= 0.6 is 0 Å². The van der Waals surface area contributed by atoms with Crippen molar-refractivity contribution in [2.24, 2.45) is 0 Å². The van der Waals surface area contributed by atoms with Gasteiger partial charge in [-0.25, -0.2) is 13.2 Å². The molecule has 2 aromatic rings. The van der Waals surface area contributed by atoms with E-state index in [2.05, 4.69) is 10.0 Å². The van der Waals surface area contributed by atoms with Crippen molar-refractivity contribution in [3.8, 4) is 17.2 Å². The number of hydrogen-bond donors (Lipinski definition) is 2. The number of rotatable bonds is 6. The average molecular weight is 408 g/mol. The Morgan fingerprint density at radius 2 is 1.86 bits per heavy atom. The molecule has 0 fully saturated rings. The van der Waals surface area contributed by atoms with E-state index in [-0.39, 0.29) is 22.9 Å². The summed E-state index contributed by atoms with van der Waals surface area (Å²) in [5, 5.41) is 2.52. The van der Waals surface area contributed by atoms with Crippen molar-refractivity contribution in [1.29, 1.82) is 0 Å². The van der Waals surface area contributed by atoms with Crippen LogP contribution in [0.2, 0.25) is 0 Å². The standard InChI is InChI=1S/C18H20N2O7S/c1-3-25-18(21)19-14-6-4-12(10-16(14)24-2)20-28(22,23)13-5-7-15-17(11-13)27-9-8-26-15/h4-7,10-11,20H,3,8-9H2,1-2H3,(H,19,21). The van der Waals surface area contributed by atoms with Crippen LogP contribution in [-0.4, -0.2) is 41.4 Å². The molecule has 0 bridgehead atoms. The molecule has 150 valence electrons. The Morgan fingerprint density at radius 1 is 1.11 bits per heavy atom. The number of ether oxygens (including phenoxy) is 4. The van der Waals surface area contributed by atoms with Gasteiger partial charge >= 0.3 is 6.09 Å². The first-order valence-electron chi connectivity index (χ1n) is 8.47. The molecule has 2 aromatic carbocycles. The Kier molecular flexibility index (Phi) is 5.78. The van der Waals surface area contributed by atoms with Gasteiger partial charge in [0, 0.05) is 12.1 Å². The molecule has 10 heteroatoms. The van der Waals surface area contributed by atoms with Gasteiger partial charge in [-0.05, 0) is 31.2 Å². The number of methoxy groups -OCH3 is 1. The number of carbonyl (C=O) groups excluding carboxylic acids is 1. The summed E-state index contributed by atoms with van der Waals surface area (Å²) in [6, 6.07) is 8.86. The van der Waals surface area contributed by atoms with Gasteiger partial charge in [-0.2, -0.15) is 0 Å². The van der Waals surface area contributed by atoms with Crippen LogP contribution in [0.15, 0.2) is 41.3 Å². The van der Waals surface area contributed by atoms with Crippen LogP contribution in [0.3, 0.4) is 0 Å². The molecule has 1 aliphatic rings. The van der Waals surface area contributed by atoms with E-state index in [0.29, 0.717) is 30.4 Å². The molecule has 1 heterocycles. The molecule has 28 heavy (non-hydrogen) atoms. The van der Waals surface area contributed by atoms with E-state index in [1.165, 1.54) is 37.4 Å². The van der Waals surface area contributed by atoms with Crippen LogP contribution in [0.5, 0.6) is 17.2 Å². The minimum absolute atomic E-state index is 0.0319. The fraction of sp³-hybridized carbons (Fsp3) is 0.278. The lowest BCUT2D eigenvalue weighted by atomic mass is 10.2. The third kappa shape index (κ3) is 4.39. The highest BCUT2D eigenvalue weighted by Gasteiger charge is 2.20. The Bertz CT molecular complexity index is 976. The van der Waals surface area contributed by atoms with Crippen LogP contribution in [-0.2, 0) is 14.8 Å². The van der Waals surface area contributed by atoms with E-state index in [4.69, 9.17) is 18.9 Å². The van der Waals surface area contributed by atoms with Crippen LogP contribution in [0, 0.1) is 0 Å². The maximum atomic E-state index is 12.7. The Balaban J connectivity index is 1.81. The Hall–Kier alpha value is -3.14. The SMILES string of the molecule is CCOC(=O)Nc1ccc(NS(=O)(=O)c2ccc3c(c2)OCCO3)cc1OC. The predicted octanol–water partition coefficient (Wildman–Crippen LogP) is 2.84. The second-order valence-electron chi connectivity index (χ2n) is 5.67. The molecule has 1 amide bonds. The van der Waals surface area contributed by atoms with E-state index in [0.717, 1.165) is 0 Å². The Labute approximate surface area is 162 Å². The number of anilines is 2. The third-order valence-electron chi connectivity index (χ3n) is 3.79. The van der Waals surface area contributed by atoms with E-state index in [1.54, 1.807) is 13.0 Å². The van der Waals surface area contributed by atoms with Gasteiger partial charge in [0.05, 0.1) is 30.0 Å². The van der Waals surface area contributed by atoms with E-state index >= 15 is 0 Å². The van der Waals surface area contributed by atoms with Gasteiger partial charge < -0.3 is 18.9 Å². The largest absolute Gasteiger partial charge is 0.494 e. The summed E-state index contributed by atoms with van der Waals surface area (Å²) in [5.41, 5.74) is 0.615. The number of amides is 1. The first-order valence-corrected chi connectivity index (χ1v) is 9.95. The van der Waals surface area contributed by atoms with Gasteiger partial charge in [0.25, 0.3) is 10.0 Å². The first-order chi connectivity index (χ1) is 13.4. The lowest BCUT2D eigenvalue weighted by molar-refractivity contribution is 0.168. The minimum atomic E-state index is -3.87. The zero-order chi connectivity index (χ0) is 20.1. The molecule has 1 aliphatic heterocycles. The molecule has 0 unspecified atom stereocenters. The maximum Gasteiger partial charge on any atom is 0.411 e. The van der Waals surface area contributed by atoms with Gasteiger partial charge in [-0.3, -0.25) is 10.0 Å². The quantitative estimate of drug-likeness (QED) is 0.756. The molecule has 0 aromatic heterocycles. The zero-order valence-corrected chi connectivity index (χ0v) is 16.2. The lowest BCUT2D eigenvalue weighted by Gasteiger charge is -2.19. The average Bonchev–Trinajstić information content (AvgIpc) is 2.68. The molecule has 0 aliphatic carbocycles. The van der Waals surface area contributed by atoms with Gasteiger partial charge in [-0.1, -0.05) is 0 Å². The summed E-state index contributed by atoms with van der Waals surface area (Å²) >= 11 is 0. The summed E-state index contributed by atoms with van der Waals surface area (Å²) in [6.45, 7) is 2.69. The molecule has 3 rings (SSSR count). The molecular formula is C18H20N2O7S. The third-order valence-corrected chi connectivity index (χ3v) is 5.17. The van der Waals surface area contributed by atoms with Crippen LogP contribution < -0.4 is 24.2 Å². The number of carbonyl (C=O) groups is 1. The lowest BCUT2D eigenvalue weighted by Crippen LogP contribution is -2.17. The topological polar surface area (TPSA) is 112 Å². The molecule has 9 nitrogen and oxygen atoms in total. The molecule has 0 saturated heterocycles.